The summed E-state index contributed by atoms with van der Waals surface area (Å²) in [6.45, 7) is 5.40. The Bertz CT molecular complexity index is 986. The number of amides is 2. The number of carbonyl (C=O) groups excluding carboxylic acids is 2. The van der Waals surface area contributed by atoms with Gasteiger partial charge in [-0.1, -0.05) is 18.2 Å². The van der Waals surface area contributed by atoms with E-state index < -0.39 is 17.8 Å². The smallest absolute Gasteiger partial charge is 0.407 e. The lowest BCUT2D eigenvalue weighted by Gasteiger charge is -2.28. The standard InChI is InChI=1S/C23H26FN3O4/c1-23(2,3)31-22(30)26-14-17(13-24)20(28)16-7-8-18-15(12-16)9-11-27(21(18)29)19-6-4-5-10-25-19/h4-8,10,12-13,20,28H,9,11,14H2,1-3H3,(H,26,30)/b17-13+. The van der Waals surface area contributed by atoms with Crippen LogP contribution in [-0.2, 0) is 11.2 Å². The van der Waals surface area contributed by atoms with Crippen LogP contribution in [0.3, 0.4) is 0 Å². The number of rotatable bonds is 5. The molecular weight excluding hydrogens is 401 g/mol. The van der Waals surface area contributed by atoms with E-state index in [0.29, 0.717) is 29.9 Å². The van der Waals surface area contributed by atoms with Gasteiger partial charge in [0.15, 0.2) is 0 Å². The molecule has 7 nitrogen and oxygen atoms in total. The van der Waals surface area contributed by atoms with E-state index in [1.165, 1.54) is 0 Å². The number of aliphatic hydroxyl groups is 1. The third-order valence-electron chi connectivity index (χ3n) is 4.78. The van der Waals surface area contributed by atoms with Crippen molar-refractivity contribution in [1.82, 2.24) is 10.3 Å². The minimum Gasteiger partial charge on any atom is -0.444 e. The highest BCUT2D eigenvalue weighted by atomic mass is 19.1. The fourth-order valence-electron chi connectivity index (χ4n) is 3.31. The Morgan fingerprint density at radius 3 is 2.77 bits per heavy atom. The summed E-state index contributed by atoms with van der Waals surface area (Å²) in [5.74, 6) is 0.409. The van der Waals surface area contributed by atoms with Crippen LogP contribution in [0.4, 0.5) is 15.0 Å². The Labute approximate surface area is 180 Å². The molecule has 2 aromatic rings. The van der Waals surface area contributed by atoms with Crippen LogP contribution >= 0.6 is 0 Å². The summed E-state index contributed by atoms with van der Waals surface area (Å²) < 4.78 is 18.6. The van der Waals surface area contributed by atoms with E-state index in [0.717, 1.165) is 5.56 Å². The molecule has 1 aromatic carbocycles. The highest BCUT2D eigenvalue weighted by Crippen LogP contribution is 2.28. The molecular formula is C23H26FN3O4. The number of nitrogens with one attached hydrogen (secondary N) is 1. The molecule has 8 heteroatoms. The number of hydrogen-bond acceptors (Lipinski definition) is 5. The van der Waals surface area contributed by atoms with Gasteiger partial charge < -0.3 is 15.2 Å². The zero-order valence-corrected chi connectivity index (χ0v) is 17.8. The lowest BCUT2D eigenvalue weighted by Crippen LogP contribution is -2.38. The summed E-state index contributed by atoms with van der Waals surface area (Å²) >= 11 is 0. The van der Waals surface area contributed by atoms with Gasteiger partial charge in [-0.05, 0) is 56.5 Å². The zero-order chi connectivity index (χ0) is 22.6. The SMILES string of the molecule is CC(C)(C)OC(=O)NC/C(=C\F)C(O)c1ccc2c(c1)CCN(c1ccccn1)C2=O. The fraction of sp³-hybridized carbons (Fsp3) is 0.348. The summed E-state index contributed by atoms with van der Waals surface area (Å²) in [5, 5.41) is 13.1. The number of anilines is 1. The van der Waals surface area contributed by atoms with Crippen molar-refractivity contribution in [1.29, 1.82) is 0 Å². The van der Waals surface area contributed by atoms with E-state index in [1.807, 2.05) is 6.07 Å². The van der Waals surface area contributed by atoms with Crippen LogP contribution < -0.4 is 10.2 Å². The Kier molecular flexibility index (Phi) is 6.70. The van der Waals surface area contributed by atoms with Crippen molar-refractivity contribution in [2.24, 2.45) is 0 Å². The molecule has 2 heterocycles. The number of halogens is 1. The predicted octanol–water partition coefficient (Wildman–Crippen LogP) is 3.70. The maximum atomic E-state index is 13.4. The van der Waals surface area contributed by atoms with E-state index in [9.17, 15) is 19.1 Å². The first-order valence-corrected chi connectivity index (χ1v) is 9.99. The molecule has 0 fully saturated rings. The lowest BCUT2D eigenvalue weighted by molar-refractivity contribution is 0.0529. The number of alkyl carbamates (subject to hydrolysis) is 1. The topological polar surface area (TPSA) is 91.8 Å². The Hall–Kier alpha value is -3.26. The highest BCUT2D eigenvalue weighted by Gasteiger charge is 2.27. The van der Waals surface area contributed by atoms with Crippen LogP contribution in [0.2, 0.25) is 0 Å². The second-order valence-electron chi connectivity index (χ2n) is 8.25. The van der Waals surface area contributed by atoms with E-state index in [4.69, 9.17) is 4.74 Å². The molecule has 0 spiro atoms. The van der Waals surface area contributed by atoms with Gasteiger partial charge in [0, 0.05) is 30.4 Å². The van der Waals surface area contributed by atoms with Crippen molar-refractivity contribution >= 4 is 17.8 Å². The molecule has 2 amide bonds. The molecule has 1 aliphatic rings. The Balaban J connectivity index is 1.71. The van der Waals surface area contributed by atoms with Gasteiger partial charge in [-0.15, -0.1) is 0 Å². The van der Waals surface area contributed by atoms with Gasteiger partial charge in [0.1, 0.15) is 17.5 Å². The highest BCUT2D eigenvalue weighted by molar-refractivity contribution is 6.07. The van der Waals surface area contributed by atoms with Crippen LogP contribution in [0.5, 0.6) is 0 Å². The molecule has 0 bridgehead atoms. The Morgan fingerprint density at radius 2 is 2.13 bits per heavy atom. The molecule has 164 valence electrons. The lowest BCUT2D eigenvalue weighted by atomic mass is 9.93. The summed E-state index contributed by atoms with van der Waals surface area (Å²) in [6.07, 6.45) is 0.505. The number of benzene rings is 1. The van der Waals surface area contributed by atoms with Gasteiger partial charge in [0.25, 0.3) is 5.91 Å². The van der Waals surface area contributed by atoms with Gasteiger partial charge in [0.2, 0.25) is 0 Å². The van der Waals surface area contributed by atoms with Gasteiger partial charge in [-0.25, -0.2) is 14.2 Å². The molecule has 0 aliphatic carbocycles. The molecule has 0 saturated heterocycles. The molecule has 1 atom stereocenters. The molecule has 2 N–H and O–H groups in total. The van der Waals surface area contributed by atoms with Crippen molar-refractivity contribution in [3.8, 4) is 0 Å². The maximum Gasteiger partial charge on any atom is 0.407 e. The quantitative estimate of drug-likeness (QED) is 0.759. The third kappa shape index (κ3) is 5.46. The van der Waals surface area contributed by atoms with Crippen molar-refractivity contribution in [2.45, 2.75) is 38.9 Å². The molecule has 0 radical (unpaired) electrons. The molecule has 3 rings (SSSR count). The minimum atomic E-state index is -1.27. The number of hydrogen-bond donors (Lipinski definition) is 2. The summed E-state index contributed by atoms with van der Waals surface area (Å²) in [4.78, 5) is 30.5. The van der Waals surface area contributed by atoms with Gasteiger partial charge in [0.05, 0.1) is 6.33 Å². The average molecular weight is 427 g/mol. The number of ether oxygens (including phenoxy) is 1. The summed E-state index contributed by atoms with van der Waals surface area (Å²) in [5.41, 5.74) is 1.02. The molecule has 1 unspecified atom stereocenters. The second kappa shape index (κ2) is 9.26. The van der Waals surface area contributed by atoms with Gasteiger partial charge in [-0.2, -0.15) is 0 Å². The van der Waals surface area contributed by atoms with Crippen LogP contribution in [0.15, 0.2) is 54.5 Å². The monoisotopic (exact) mass is 427 g/mol. The van der Waals surface area contributed by atoms with Crippen LogP contribution in [0.1, 0.15) is 48.4 Å². The van der Waals surface area contributed by atoms with Crippen LogP contribution in [-0.4, -0.2) is 40.8 Å². The molecule has 31 heavy (non-hydrogen) atoms. The van der Waals surface area contributed by atoms with E-state index in [-0.39, 0.29) is 24.4 Å². The Morgan fingerprint density at radius 1 is 1.35 bits per heavy atom. The van der Waals surface area contributed by atoms with E-state index in [2.05, 4.69) is 10.3 Å². The number of pyridine rings is 1. The average Bonchev–Trinajstić information content (AvgIpc) is 2.73. The number of carbonyl (C=O) groups is 2. The van der Waals surface area contributed by atoms with Crippen molar-refractivity contribution in [3.63, 3.8) is 0 Å². The summed E-state index contributed by atoms with van der Waals surface area (Å²) in [6, 6.07) is 10.3. The first kappa shape index (κ1) is 22.4. The first-order chi connectivity index (χ1) is 14.7. The molecule has 1 aromatic heterocycles. The molecule has 1 aliphatic heterocycles. The number of fused-ring (bicyclic) bond motifs is 1. The van der Waals surface area contributed by atoms with Crippen molar-refractivity contribution < 1.29 is 23.8 Å². The first-order valence-electron chi connectivity index (χ1n) is 9.99. The number of aromatic nitrogens is 1. The molecule has 0 saturated carbocycles. The van der Waals surface area contributed by atoms with E-state index in [1.54, 1.807) is 62.2 Å². The fourth-order valence-corrected chi connectivity index (χ4v) is 3.31. The summed E-state index contributed by atoms with van der Waals surface area (Å²) in [7, 11) is 0. The minimum absolute atomic E-state index is 0.0249. The van der Waals surface area contributed by atoms with Crippen LogP contribution in [0, 0.1) is 0 Å². The largest absolute Gasteiger partial charge is 0.444 e. The van der Waals surface area contributed by atoms with Crippen molar-refractivity contribution in [2.75, 3.05) is 18.0 Å². The predicted molar refractivity (Wildman–Crippen MR) is 114 cm³/mol. The normalized spacial score (nSPS) is 15.3. The number of nitrogens with zero attached hydrogens (tertiary/aromatic N) is 2. The van der Waals surface area contributed by atoms with Crippen LogP contribution in [0.25, 0.3) is 0 Å². The van der Waals surface area contributed by atoms with E-state index >= 15 is 0 Å². The van der Waals surface area contributed by atoms with Gasteiger partial charge in [-0.3, -0.25) is 9.69 Å². The maximum absolute atomic E-state index is 13.4. The second-order valence-corrected chi connectivity index (χ2v) is 8.25. The number of aliphatic hydroxyl groups excluding tert-OH is 1. The van der Waals surface area contributed by atoms with Crippen molar-refractivity contribution in [3.05, 3.63) is 71.2 Å². The zero-order valence-electron chi connectivity index (χ0n) is 17.8. The third-order valence-corrected chi connectivity index (χ3v) is 4.78. The van der Waals surface area contributed by atoms with Gasteiger partial charge >= 0.3 is 6.09 Å².